The average Bonchev–Trinajstić information content (AvgIpc) is 2.99. The van der Waals surface area contributed by atoms with Gasteiger partial charge < -0.3 is 19.8 Å². The topological polar surface area (TPSA) is 112 Å². The van der Waals surface area contributed by atoms with Crippen LogP contribution in [0.15, 0.2) is 12.2 Å². The molecule has 0 aromatic carbocycles. The van der Waals surface area contributed by atoms with Crippen molar-refractivity contribution in [3.63, 3.8) is 0 Å². The molecule has 0 aliphatic rings. The molecule has 0 rings (SSSR count). The Labute approximate surface area is 270 Å². The van der Waals surface area contributed by atoms with Crippen LogP contribution in [-0.2, 0) is 14.4 Å². The second-order valence-electron chi connectivity index (χ2n) is 13.3. The van der Waals surface area contributed by atoms with Gasteiger partial charge in [-0.05, 0) is 57.8 Å². The van der Waals surface area contributed by atoms with Crippen LogP contribution in [0.1, 0.15) is 163 Å². The predicted octanol–water partition coefficient (Wildman–Crippen LogP) is 9.73. The minimum Gasteiger partial charge on any atom is -0.481 e. The minimum atomic E-state index is -0.890. The normalized spacial score (nSPS) is 15.2. The van der Waals surface area contributed by atoms with E-state index in [9.17, 15) is 29.7 Å². The lowest BCUT2D eigenvalue weighted by Gasteiger charge is -2.43. The van der Waals surface area contributed by atoms with Crippen molar-refractivity contribution in [3.05, 3.63) is 12.2 Å². The minimum absolute atomic E-state index is 0.252. The number of carboxylic acids is 3. The summed E-state index contributed by atoms with van der Waals surface area (Å²) >= 11 is 0. The molecule has 0 amide bonds. The van der Waals surface area contributed by atoms with E-state index < -0.39 is 35.7 Å². The van der Waals surface area contributed by atoms with E-state index in [1.54, 1.807) is 0 Å². The summed E-state index contributed by atoms with van der Waals surface area (Å²) in [4.78, 5) is 36.0. The monoisotopic (exact) mass is 625 g/mol. The number of aliphatic carboxylic acids is 3. The molecule has 0 bridgehead atoms. The lowest BCUT2D eigenvalue weighted by Crippen LogP contribution is -2.58. The van der Waals surface area contributed by atoms with Gasteiger partial charge in [-0.1, -0.05) is 117 Å². The van der Waals surface area contributed by atoms with Gasteiger partial charge in [0.05, 0.1) is 26.2 Å². The number of rotatable bonds is 32. The van der Waals surface area contributed by atoms with Crippen LogP contribution in [0, 0.1) is 17.8 Å². The summed E-state index contributed by atoms with van der Waals surface area (Å²) < 4.78 is 0.252. The van der Waals surface area contributed by atoms with Crippen LogP contribution < -0.4 is 0 Å². The number of nitrogens with zero attached hydrogens (tertiary/aromatic N) is 1. The van der Waals surface area contributed by atoms with E-state index in [4.69, 9.17) is 0 Å². The van der Waals surface area contributed by atoms with E-state index in [2.05, 4.69) is 19.1 Å². The molecule has 0 saturated carbocycles. The van der Waals surface area contributed by atoms with Crippen LogP contribution in [0.5, 0.6) is 0 Å². The van der Waals surface area contributed by atoms with E-state index in [0.29, 0.717) is 25.8 Å². The van der Waals surface area contributed by atoms with Gasteiger partial charge in [0, 0.05) is 0 Å². The molecule has 7 nitrogen and oxygen atoms in total. The summed E-state index contributed by atoms with van der Waals surface area (Å²) in [6.45, 7) is 9.24. The molecule has 0 aromatic heterocycles. The highest BCUT2D eigenvalue weighted by Gasteiger charge is 2.40. The fourth-order valence-electron chi connectivity index (χ4n) is 6.45. The second-order valence-corrected chi connectivity index (χ2v) is 13.3. The molecule has 0 aliphatic heterocycles. The molecule has 7 heteroatoms. The van der Waals surface area contributed by atoms with Crippen LogP contribution in [-0.4, -0.2) is 63.9 Å². The molecule has 258 valence electrons. The molecular weight excluding hydrogens is 554 g/mol. The van der Waals surface area contributed by atoms with E-state index in [-0.39, 0.29) is 24.1 Å². The van der Waals surface area contributed by atoms with Crippen LogP contribution in [0.2, 0.25) is 0 Å². The number of hydrogen-bond acceptors (Lipinski definition) is 3. The van der Waals surface area contributed by atoms with E-state index in [1.165, 1.54) is 77.0 Å². The zero-order valence-electron chi connectivity index (χ0n) is 29.1. The maximum Gasteiger partial charge on any atom is 0.312 e. The first-order valence-electron chi connectivity index (χ1n) is 18.3. The summed E-state index contributed by atoms with van der Waals surface area (Å²) in [6, 6.07) is 0. The van der Waals surface area contributed by atoms with Crippen molar-refractivity contribution < 1.29 is 34.2 Å². The van der Waals surface area contributed by atoms with Gasteiger partial charge >= 0.3 is 17.9 Å². The lowest BCUT2D eigenvalue weighted by molar-refractivity contribution is -0.935. The van der Waals surface area contributed by atoms with E-state index in [1.807, 2.05) is 20.8 Å². The van der Waals surface area contributed by atoms with Gasteiger partial charge in [0.25, 0.3) is 0 Å². The van der Waals surface area contributed by atoms with Gasteiger partial charge in [-0.15, -0.1) is 0 Å². The Balaban J connectivity index is 4.60. The molecule has 0 heterocycles. The van der Waals surface area contributed by atoms with E-state index >= 15 is 0 Å². The molecule has 3 N–H and O–H groups in total. The molecular formula is C37H70NO6+. The van der Waals surface area contributed by atoms with E-state index in [0.717, 1.165) is 38.5 Å². The first-order valence-corrected chi connectivity index (χ1v) is 18.3. The Morgan fingerprint density at radius 2 is 0.773 bits per heavy atom. The van der Waals surface area contributed by atoms with Gasteiger partial charge in [-0.2, -0.15) is 0 Å². The maximum absolute atomic E-state index is 12.0. The standard InChI is InChI=1S/C37H69NO6/c1-5-9-10-11-12-13-14-15-16-17-18-19-20-21-22-23-24-25-26-27-28-38(29-32(6-2)35(39)40,30-33(7-3)36(41)42)31-34(8-4)37(43)44/h20-21,32-34H,5-19,22-31H2,1-4H3,(H2-,39,40,41,42,43,44)/p+1/b21-20+. The van der Waals surface area contributed by atoms with Crippen molar-refractivity contribution in [2.75, 3.05) is 26.2 Å². The maximum atomic E-state index is 12.0. The molecule has 44 heavy (non-hydrogen) atoms. The number of unbranched alkanes of at least 4 members (excludes halogenated alkanes) is 16. The smallest absolute Gasteiger partial charge is 0.312 e. The van der Waals surface area contributed by atoms with Gasteiger partial charge in [-0.3, -0.25) is 14.4 Å². The van der Waals surface area contributed by atoms with Crippen LogP contribution >= 0.6 is 0 Å². The highest BCUT2D eigenvalue weighted by Crippen LogP contribution is 2.25. The molecule has 0 spiro atoms. The number of quaternary nitrogens is 1. The van der Waals surface area contributed by atoms with Gasteiger partial charge in [-0.25, -0.2) is 0 Å². The molecule has 0 radical (unpaired) electrons. The van der Waals surface area contributed by atoms with Crippen molar-refractivity contribution >= 4 is 17.9 Å². The third-order valence-electron chi connectivity index (χ3n) is 9.49. The summed E-state index contributed by atoms with van der Waals surface area (Å²) in [5.74, 6) is -4.53. The molecule has 3 atom stereocenters. The Hall–Kier alpha value is -1.89. The fraction of sp³-hybridized carbons (Fsp3) is 0.865. The highest BCUT2D eigenvalue weighted by molar-refractivity contribution is 5.71. The van der Waals surface area contributed by atoms with Crippen LogP contribution in [0.25, 0.3) is 0 Å². The Bertz CT molecular complexity index is 707. The van der Waals surface area contributed by atoms with Crippen molar-refractivity contribution in [1.29, 1.82) is 0 Å². The van der Waals surface area contributed by atoms with Crippen LogP contribution in [0.3, 0.4) is 0 Å². The van der Waals surface area contributed by atoms with Crippen LogP contribution in [0.4, 0.5) is 0 Å². The third-order valence-corrected chi connectivity index (χ3v) is 9.49. The van der Waals surface area contributed by atoms with Crippen molar-refractivity contribution in [3.8, 4) is 0 Å². The summed E-state index contributed by atoms with van der Waals surface area (Å²) in [5, 5.41) is 29.5. The first kappa shape index (κ1) is 42.1. The lowest BCUT2D eigenvalue weighted by atomic mass is 9.95. The third kappa shape index (κ3) is 21.0. The zero-order valence-corrected chi connectivity index (χ0v) is 29.1. The zero-order chi connectivity index (χ0) is 33.1. The Morgan fingerprint density at radius 3 is 1.07 bits per heavy atom. The Morgan fingerprint density at radius 1 is 0.477 bits per heavy atom. The largest absolute Gasteiger partial charge is 0.481 e. The highest BCUT2D eigenvalue weighted by atomic mass is 16.4. The molecule has 0 saturated heterocycles. The fourth-order valence-corrected chi connectivity index (χ4v) is 6.45. The Kier molecular flexibility index (Phi) is 26.2. The van der Waals surface area contributed by atoms with Crippen molar-refractivity contribution in [2.45, 2.75) is 163 Å². The SMILES string of the molecule is CCCCCCCCCCCCC/C=C/CCCCCCC[N+](CC(CC)C(=O)O)(CC(CC)C(=O)O)CC(CC)C(=O)O. The summed E-state index contributed by atoms with van der Waals surface area (Å²) in [5.41, 5.74) is 0. The van der Waals surface area contributed by atoms with Crippen molar-refractivity contribution in [2.24, 2.45) is 17.8 Å². The first-order chi connectivity index (χ1) is 21.2. The molecule has 0 fully saturated rings. The number of carboxylic acid groups (broad SMARTS) is 3. The quantitative estimate of drug-likeness (QED) is 0.0390. The number of carbonyl (C=O) groups is 3. The average molecular weight is 625 g/mol. The molecule has 0 aromatic rings. The second kappa shape index (κ2) is 27.4. The summed E-state index contributed by atoms with van der Waals surface area (Å²) in [7, 11) is 0. The number of hydrogen-bond donors (Lipinski definition) is 3. The summed E-state index contributed by atoms with van der Waals surface area (Å²) in [6.07, 6.45) is 28.6. The van der Waals surface area contributed by atoms with Gasteiger partial charge in [0.2, 0.25) is 0 Å². The van der Waals surface area contributed by atoms with Gasteiger partial charge in [0.15, 0.2) is 0 Å². The number of allylic oxidation sites excluding steroid dienone is 2. The van der Waals surface area contributed by atoms with Crippen molar-refractivity contribution in [1.82, 2.24) is 0 Å². The van der Waals surface area contributed by atoms with Gasteiger partial charge in [0.1, 0.15) is 17.8 Å². The predicted molar refractivity (Wildman–Crippen MR) is 182 cm³/mol. The molecule has 3 unspecified atom stereocenters. The molecule has 0 aliphatic carbocycles.